The molecule has 1 fully saturated rings. The summed E-state index contributed by atoms with van der Waals surface area (Å²) in [5.74, 6) is 1.30. The van der Waals surface area contributed by atoms with Gasteiger partial charge >= 0.3 is 0 Å². The SMILES string of the molecule is c1ccc([C@@H]2CC[C@H]2c2cc3ccccc3c3ccccc23)cc1. The molecule has 0 nitrogen and oxygen atoms in total. The first-order valence-electron chi connectivity index (χ1n) is 8.87. The van der Waals surface area contributed by atoms with Gasteiger partial charge in [-0.1, -0.05) is 84.9 Å². The Morgan fingerprint density at radius 3 is 1.92 bits per heavy atom. The lowest BCUT2D eigenvalue weighted by molar-refractivity contribution is 0.349. The molecule has 116 valence electrons. The van der Waals surface area contributed by atoms with Gasteiger partial charge in [-0.05, 0) is 57.3 Å². The summed E-state index contributed by atoms with van der Waals surface area (Å²) in [4.78, 5) is 0. The van der Waals surface area contributed by atoms with Crippen molar-refractivity contribution in [2.24, 2.45) is 0 Å². The zero-order valence-corrected chi connectivity index (χ0v) is 13.7. The maximum absolute atomic E-state index is 2.44. The van der Waals surface area contributed by atoms with Gasteiger partial charge in [-0.25, -0.2) is 0 Å². The summed E-state index contributed by atoms with van der Waals surface area (Å²) in [6.45, 7) is 0. The average molecular weight is 308 g/mol. The van der Waals surface area contributed by atoms with Gasteiger partial charge in [0.05, 0.1) is 0 Å². The topological polar surface area (TPSA) is 0 Å². The third kappa shape index (κ3) is 2.06. The largest absolute Gasteiger partial charge is 0.0622 e. The highest BCUT2D eigenvalue weighted by atomic mass is 14.4. The van der Waals surface area contributed by atoms with Crippen LogP contribution in [0.2, 0.25) is 0 Å². The van der Waals surface area contributed by atoms with Crippen LogP contribution < -0.4 is 0 Å². The van der Waals surface area contributed by atoms with Crippen LogP contribution >= 0.6 is 0 Å². The van der Waals surface area contributed by atoms with Gasteiger partial charge in [0.1, 0.15) is 0 Å². The zero-order valence-electron chi connectivity index (χ0n) is 13.7. The van der Waals surface area contributed by atoms with Crippen molar-refractivity contribution in [3.63, 3.8) is 0 Å². The summed E-state index contributed by atoms with van der Waals surface area (Å²) in [6.07, 6.45) is 2.59. The van der Waals surface area contributed by atoms with Gasteiger partial charge in [-0.3, -0.25) is 0 Å². The van der Waals surface area contributed by atoms with Crippen molar-refractivity contribution >= 4 is 21.5 Å². The van der Waals surface area contributed by atoms with Gasteiger partial charge in [0, 0.05) is 0 Å². The van der Waals surface area contributed by atoms with Gasteiger partial charge in [-0.2, -0.15) is 0 Å². The molecule has 1 aliphatic rings. The van der Waals surface area contributed by atoms with Crippen molar-refractivity contribution in [1.82, 2.24) is 0 Å². The minimum absolute atomic E-state index is 0.641. The van der Waals surface area contributed by atoms with Crippen molar-refractivity contribution in [3.8, 4) is 0 Å². The van der Waals surface area contributed by atoms with Crippen LogP contribution in [0.4, 0.5) is 0 Å². The second-order valence-electron chi connectivity index (χ2n) is 6.93. The number of rotatable bonds is 2. The van der Waals surface area contributed by atoms with Gasteiger partial charge in [0.25, 0.3) is 0 Å². The number of hydrogen-bond acceptors (Lipinski definition) is 0. The summed E-state index contributed by atoms with van der Waals surface area (Å²) in [5, 5.41) is 5.56. The molecule has 5 rings (SSSR count). The highest BCUT2D eigenvalue weighted by Crippen LogP contribution is 2.51. The third-order valence-electron chi connectivity index (χ3n) is 5.70. The first-order chi connectivity index (χ1) is 11.9. The van der Waals surface area contributed by atoms with Crippen LogP contribution in [0.5, 0.6) is 0 Å². The van der Waals surface area contributed by atoms with Crippen molar-refractivity contribution in [2.45, 2.75) is 24.7 Å². The summed E-state index contributed by atoms with van der Waals surface area (Å²) >= 11 is 0. The van der Waals surface area contributed by atoms with Crippen LogP contribution in [0.3, 0.4) is 0 Å². The van der Waals surface area contributed by atoms with E-state index in [9.17, 15) is 0 Å². The first kappa shape index (κ1) is 13.8. The monoisotopic (exact) mass is 308 g/mol. The molecule has 0 radical (unpaired) electrons. The van der Waals surface area contributed by atoms with Crippen LogP contribution in [-0.4, -0.2) is 0 Å². The lowest BCUT2D eigenvalue weighted by Crippen LogP contribution is -2.22. The molecular weight excluding hydrogens is 288 g/mol. The molecule has 0 aromatic heterocycles. The first-order valence-corrected chi connectivity index (χ1v) is 8.87. The predicted octanol–water partition coefficient (Wildman–Crippen LogP) is 6.65. The molecule has 1 aliphatic carbocycles. The van der Waals surface area contributed by atoms with E-state index in [0.717, 1.165) is 0 Å². The maximum Gasteiger partial charge on any atom is -0.00865 e. The molecule has 24 heavy (non-hydrogen) atoms. The molecule has 0 heteroatoms. The van der Waals surface area contributed by atoms with E-state index in [1.807, 2.05) is 0 Å². The zero-order chi connectivity index (χ0) is 15.9. The molecule has 2 atom stereocenters. The van der Waals surface area contributed by atoms with Crippen LogP contribution in [-0.2, 0) is 0 Å². The van der Waals surface area contributed by atoms with Crippen LogP contribution in [0.15, 0.2) is 84.9 Å². The Balaban J connectivity index is 1.71. The minimum Gasteiger partial charge on any atom is -0.0622 e. The normalized spacial score (nSPS) is 20.2. The lowest BCUT2D eigenvalue weighted by Gasteiger charge is -2.38. The highest BCUT2D eigenvalue weighted by Gasteiger charge is 2.34. The van der Waals surface area contributed by atoms with E-state index in [1.54, 1.807) is 0 Å². The number of fused-ring (bicyclic) bond motifs is 3. The molecule has 0 spiro atoms. The Morgan fingerprint density at radius 1 is 0.542 bits per heavy atom. The van der Waals surface area contributed by atoms with E-state index in [1.165, 1.54) is 45.5 Å². The van der Waals surface area contributed by atoms with E-state index < -0.39 is 0 Å². The maximum atomic E-state index is 2.44. The van der Waals surface area contributed by atoms with Crippen molar-refractivity contribution in [3.05, 3.63) is 96.1 Å². The fourth-order valence-electron chi connectivity index (χ4n) is 4.36. The van der Waals surface area contributed by atoms with Crippen LogP contribution in [0.1, 0.15) is 35.8 Å². The minimum atomic E-state index is 0.641. The molecule has 0 heterocycles. The Kier molecular flexibility index (Phi) is 3.16. The van der Waals surface area contributed by atoms with Gasteiger partial charge in [0.2, 0.25) is 0 Å². The van der Waals surface area contributed by atoms with E-state index >= 15 is 0 Å². The molecule has 0 amide bonds. The molecule has 0 aliphatic heterocycles. The van der Waals surface area contributed by atoms with Crippen LogP contribution in [0, 0.1) is 0 Å². The molecule has 4 aromatic rings. The van der Waals surface area contributed by atoms with E-state index in [2.05, 4.69) is 84.9 Å². The number of benzene rings is 4. The Bertz CT molecular complexity index is 1010. The van der Waals surface area contributed by atoms with E-state index in [0.29, 0.717) is 11.8 Å². The molecule has 0 bridgehead atoms. The fraction of sp³-hybridized carbons (Fsp3) is 0.167. The smallest absolute Gasteiger partial charge is 0.00865 e. The van der Waals surface area contributed by atoms with Gasteiger partial charge in [-0.15, -0.1) is 0 Å². The summed E-state index contributed by atoms with van der Waals surface area (Å²) < 4.78 is 0. The quantitative estimate of drug-likeness (QED) is 0.363. The number of hydrogen-bond donors (Lipinski definition) is 0. The van der Waals surface area contributed by atoms with Crippen molar-refractivity contribution < 1.29 is 0 Å². The average Bonchev–Trinajstić information content (AvgIpc) is 2.62. The molecular formula is C24H20. The molecule has 1 saturated carbocycles. The van der Waals surface area contributed by atoms with Gasteiger partial charge < -0.3 is 0 Å². The predicted molar refractivity (Wildman–Crippen MR) is 103 cm³/mol. The summed E-state index contributed by atoms with van der Waals surface area (Å²) in [6, 6.07) is 31.2. The molecule has 0 saturated heterocycles. The summed E-state index contributed by atoms with van der Waals surface area (Å²) in [7, 11) is 0. The molecule has 4 aromatic carbocycles. The van der Waals surface area contributed by atoms with Gasteiger partial charge in [0.15, 0.2) is 0 Å². The molecule has 0 unspecified atom stereocenters. The molecule has 0 N–H and O–H groups in total. The van der Waals surface area contributed by atoms with Crippen LogP contribution in [0.25, 0.3) is 21.5 Å². The van der Waals surface area contributed by atoms with E-state index in [-0.39, 0.29) is 0 Å². The summed E-state index contributed by atoms with van der Waals surface area (Å²) in [5.41, 5.74) is 3.02. The fourth-order valence-corrected chi connectivity index (χ4v) is 4.36. The Labute approximate surface area is 142 Å². The van der Waals surface area contributed by atoms with E-state index in [4.69, 9.17) is 0 Å². The van der Waals surface area contributed by atoms with Crippen molar-refractivity contribution in [1.29, 1.82) is 0 Å². The Hall–Kier alpha value is -2.60. The Morgan fingerprint density at radius 2 is 1.17 bits per heavy atom. The standard InChI is InChI=1S/C24H20/c1-2-8-17(9-3-1)20-14-15-23(20)24-16-18-10-4-5-11-19(18)21-12-6-7-13-22(21)24/h1-13,16,20,23H,14-15H2/t20-,23+/m0/s1. The second kappa shape index (κ2) is 5.49. The lowest BCUT2D eigenvalue weighted by atomic mass is 9.66. The highest BCUT2D eigenvalue weighted by molar-refractivity contribution is 6.09. The van der Waals surface area contributed by atoms with Crippen molar-refractivity contribution in [2.75, 3.05) is 0 Å². The second-order valence-corrected chi connectivity index (χ2v) is 6.93. The third-order valence-corrected chi connectivity index (χ3v) is 5.70.